The van der Waals surface area contributed by atoms with E-state index in [-0.39, 0.29) is 0 Å². The maximum absolute atomic E-state index is 3.53. The summed E-state index contributed by atoms with van der Waals surface area (Å²) in [5, 5.41) is 3.53. The summed E-state index contributed by atoms with van der Waals surface area (Å²) in [7, 11) is 0. The molecule has 1 fully saturated rings. The lowest BCUT2D eigenvalue weighted by Crippen LogP contribution is -2.34. The van der Waals surface area contributed by atoms with Crippen LogP contribution in [0.25, 0.3) is 0 Å². The molecule has 1 unspecified atom stereocenters. The maximum Gasteiger partial charge on any atom is 0.0369 e. The lowest BCUT2D eigenvalue weighted by molar-refractivity contribution is 0.447. The van der Waals surface area contributed by atoms with Gasteiger partial charge in [0.1, 0.15) is 0 Å². The van der Waals surface area contributed by atoms with Crippen LogP contribution in [0.2, 0.25) is 0 Å². The average Bonchev–Trinajstić information content (AvgIpc) is 2.40. The summed E-state index contributed by atoms with van der Waals surface area (Å²) in [6, 6.07) is 6.97. The molecule has 0 radical (unpaired) electrons. The molecule has 0 aliphatic carbocycles. The third-order valence-electron chi connectivity index (χ3n) is 4.22. The van der Waals surface area contributed by atoms with E-state index in [1.807, 2.05) is 0 Å². The molecule has 0 bridgehead atoms. The van der Waals surface area contributed by atoms with Crippen LogP contribution >= 0.6 is 0 Å². The number of rotatable bonds is 5. The standard InChI is InChI=1S/C18H30N2/c1-14(2)11-19-12-17-7-8-18(10-16(17)4)20-9-5-6-15(3)13-20/h7-8,10,14-15,19H,5-6,9,11-13H2,1-4H3. The summed E-state index contributed by atoms with van der Waals surface area (Å²) in [4.78, 5) is 2.55. The van der Waals surface area contributed by atoms with Crippen molar-refractivity contribution in [2.45, 2.75) is 47.1 Å². The first kappa shape index (κ1) is 15.4. The zero-order chi connectivity index (χ0) is 14.5. The lowest BCUT2D eigenvalue weighted by atomic mass is 9.99. The third-order valence-corrected chi connectivity index (χ3v) is 4.22. The summed E-state index contributed by atoms with van der Waals surface area (Å²) < 4.78 is 0. The fourth-order valence-corrected chi connectivity index (χ4v) is 2.99. The molecule has 112 valence electrons. The van der Waals surface area contributed by atoms with Crippen LogP contribution < -0.4 is 10.2 Å². The van der Waals surface area contributed by atoms with Crippen LogP contribution in [0.5, 0.6) is 0 Å². The Morgan fingerprint density at radius 2 is 2.15 bits per heavy atom. The van der Waals surface area contributed by atoms with E-state index in [1.165, 1.54) is 42.7 Å². The first-order valence-electron chi connectivity index (χ1n) is 8.11. The number of nitrogens with one attached hydrogen (secondary N) is 1. The molecule has 1 aromatic rings. The van der Waals surface area contributed by atoms with Gasteiger partial charge in [0.05, 0.1) is 0 Å². The number of hydrogen-bond acceptors (Lipinski definition) is 2. The number of aryl methyl sites for hydroxylation is 1. The van der Waals surface area contributed by atoms with E-state index in [9.17, 15) is 0 Å². The third kappa shape index (κ3) is 4.24. The van der Waals surface area contributed by atoms with Gasteiger partial charge in [-0.1, -0.05) is 26.8 Å². The van der Waals surface area contributed by atoms with Gasteiger partial charge in [-0.05, 0) is 61.4 Å². The molecule has 20 heavy (non-hydrogen) atoms. The first-order chi connectivity index (χ1) is 9.56. The Bertz CT molecular complexity index is 425. The molecule has 0 spiro atoms. The molecule has 1 aromatic carbocycles. The quantitative estimate of drug-likeness (QED) is 0.874. The number of nitrogens with zero attached hydrogens (tertiary/aromatic N) is 1. The highest BCUT2D eigenvalue weighted by molar-refractivity contribution is 5.51. The van der Waals surface area contributed by atoms with E-state index >= 15 is 0 Å². The van der Waals surface area contributed by atoms with Gasteiger partial charge in [0, 0.05) is 25.3 Å². The van der Waals surface area contributed by atoms with Gasteiger partial charge in [-0.2, -0.15) is 0 Å². The Morgan fingerprint density at radius 1 is 1.35 bits per heavy atom. The molecule has 2 heteroatoms. The van der Waals surface area contributed by atoms with Crippen molar-refractivity contribution in [2.75, 3.05) is 24.5 Å². The number of hydrogen-bond donors (Lipinski definition) is 1. The molecule has 0 amide bonds. The van der Waals surface area contributed by atoms with E-state index in [4.69, 9.17) is 0 Å². The molecule has 1 aliphatic rings. The minimum atomic E-state index is 0.712. The second kappa shape index (κ2) is 7.12. The molecule has 1 N–H and O–H groups in total. The van der Waals surface area contributed by atoms with Gasteiger partial charge in [-0.25, -0.2) is 0 Å². The Hall–Kier alpha value is -1.02. The Morgan fingerprint density at radius 3 is 2.80 bits per heavy atom. The normalized spacial score (nSPS) is 19.6. The predicted octanol–water partition coefficient (Wildman–Crippen LogP) is 3.98. The van der Waals surface area contributed by atoms with E-state index in [2.05, 4.69) is 56.1 Å². The van der Waals surface area contributed by atoms with Gasteiger partial charge in [-0.3, -0.25) is 0 Å². The van der Waals surface area contributed by atoms with Gasteiger partial charge >= 0.3 is 0 Å². The van der Waals surface area contributed by atoms with Crippen molar-refractivity contribution in [1.29, 1.82) is 0 Å². The van der Waals surface area contributed by atoms with Crippen molar-refractivity contribution < 1.29 is 0 Å². The number of piperidine rings is 1. The van der Waals surface area contributed by atoms with E-state index in [1.54, 1.807) is 0 Å². The molecule has 0 saturated carbocycles. The molecular formula is C18H30N2. The van der Waals surface area contributed by atoms with Crippen LogP contribution in [0.4, 0.5) is 5.69 Å². The SMILES string of the molecule is Cc1cc(N2CCCC(C)C2)ccc1CNCC(C)C. The van der Waals surface area contributed by atoms with Crippen molar-refractivity contribution in [1.82, 2.24) is 5.32 Å². The average molecular weight is 274 g/mol. The van der Waals surface area contributed by atoms with Crippen molar-refractivity contribution in [2.24, 2.45) is 11.8 Å². The van der Waals surface area contributed by atoms with Gasteiger partial charge in [0.15, 0.2) is 0 Å². The molecule has 1 aliphatic heterocycles. The summed E-state index contributed by atoms with van der Waals surface area (Å²) in [6.45, 7) is 13.6. The van der Waals surface area contributed by atoms with Gasteiger partial charge in [0.25, 0.3) is 0 Å². The highest BCUT2D eigenvalue weighted by atomic mass is 15.1. The molecule has 1 heterocycles. The van der Waals surface area contributed by atoms with Crippen molar-refractivity contribution in [3.8, 4) is 0 Å². The predicted molar refractivity (Wildman–Crippen MR) is 88.3 cm³/mol. The van der Waals surface area contributed by atoms with E-state index in [0.29, 0.717) is 5.92 Å². The van der Waals surface area contributed by atoms with E-state index < -0.39 is 0 Å². The number of benzene rings is 1. The largest absolute Gasteiger partial charge is 0.371 e. The lowest BCUT2D eigenvalue weighted by Gasteiger charge is -2.33. The smallest absolute Gasteiger partial charge is 0.0369 e. The summed E-state index contributed by atoms with van der Waals surface area (Å²) in [5.74, 6) is 1.54. The molecule has 0 aromatic heterocycles. The second-order valence-electron chi connectivity index (χ2n) is 6.83. The molecule has 1 atom stereocenters. The minimum Gasteiger partial charge on any atom is -0.371 e. The zero-order valence-corrected chi connectivity index (χ0v) is 13.6. The fourth-order valence-electron chi connectivity index (χ4n) is 2.99. The Labute approximate surface area is 124 Å². The van der Waals surface area contributed by atoms with Crippen molar-refractivity contribution in [3.63, 3.8) is 0 Å². The zero-order valence-electron chi connectivity index (χ0n) is 13.6. The fraction of sp³-hybridized carbons (Fsp3) is 0.667. The highest BCUT2D eigenvalue weighted by Crippen LogP contribution is 2.25. The molecule has 2 nitrogen and oxygen atoms in total. The van der Waals surface area contributed by atoms with Gasteiger partial charge < -0.3 is 10.2 Å². The monoisotopic (exact) mass is 274 g/mol. The van der Waals surface area contributed by atoms with Crippen LogP contribution in [0.15, 0.2) is 18.2 Å². The summed E-state index contributed by atoms with van der Waals surface area (Å²) in [5.41, 5.74) is 4.25. The summed E-state index contributed by atoms with van der Waals surface area (Å²) >= 11 is 0. The van der Waals surface area contributed by atoms with Crippen LogP contribution in [0.1, 0.15) is 44.7 Å². The van der Waals surface area contributed by atoms with Gasteiger partial charge in [-0.15, -0.1) is 0 Å². The summed E-state index contributed by atoms with van der Waals surface area (Å²) in [6.07, 6.45) is 2.71. The van der Waals surface area contributed by atoms with Crippen LogP contribution in [0, 0.1) is 18.8 Å². The molecule has 1 saturated heterocycles. The van der Waals surface area contributed by atoms with Crippen molar-refractivity contribution >= 4 is 5.69 Å². The molecule has 2 rings (SSSR count). The first-order valence-corrected chi connectivity index (χ1v) is 8.11. The highest BCUT2D eigenvalue weighted by Gasteiger charge is 2.16. The maximum atomic E-state index is 3.53. The van der Waals surface area contributed by atoms with Crippen molar-refractivity contribution in [3.05, 3.63) is 29.3 Å². The Balaban J connectivity index is 1.98. The van der Waals surface area contributed by atoms with Crippen LogP contribution in [-0.4, -0.2) is 19.6 Å². The number of anilines is 1. The Kier molecular flexibility index (Phi) is 5.47. The van der Waals surface area contributed by atoms with Crippen LogP contribution in [0.3, 0.4) is 0 Å². The van der Waals surface area contributed by atoms with Gasteiger partial charge in [0.2, 0.25) is 0 Å². The van der Waals surface area contributed by atoms with Crippen LogP contribution in [-0.2, 0) is 6.54 Å². The van der Waals surface area contributed by atoms with E-state index in [0.717, 1.165) is 19.0 Å². The second-order valence-corrected chi connectivity index (χ2v) is 6.83. The topological polar surface area (TPSA) is 15.3 Å². The minimum absolute atomic E-state index is 0.712. The molecular weight excluding hydrogens is 244 g/mol.